The van der Waals surface area contributed by atoms with Crippen LogP contribution in [-0.2, 0) is 13.0 Å². The van der Waals surface area contributed by atoms with Crippen molar-refractivity contribution in [3.8, 4) is 0 Å². The summed E-state index contributed by atoms with van der Waals surface area (Å²) in [6, 6.07) is 1.87. The van der Waals surface area contributed by atoms with Crippen molar-refractivity contribution in [3.05, 3.63) is 35.2 Å². The maximum absolute atomic E-state index is 10.4. The molecule has 6 heteroatoms. The lowest BCUT2D eigenvalue weighted by atomic mass is 10.0. The van der Waals surface area contributed by atoms with Crippen molar-refractivity contribution < 1.29 is 5.11 Å². The molecule has 6 nitrogen and oxygen atoms in total. The summed E-state index contributed by atoms with van der Waals surface area (Å²) in [6.07, 6.45) is 1.32. The fourth-order valence-electron chi connectivity index (χ4n) is 2.13. The molecule has 20 heavy (non-hydrogen) atoms. The number of aryl methyl sites for hydroxylation is 2. The van der Waals surface area contributed by atoms with Crippen LogP contribution < -0.4 is 0 Å². The van der Waals surface area contributed by atoms with Crippen LogP contribution >= 0.6 is 0 Å². The van der Waals surface area contributed by atoms with E-state index >= 15 is 0 Å². The molecular formula is C14H21N5O. The summed E-state index contributed by atoms with van der Waals surface area (Å²) in [5.41, 5.74) is 2.35. The minimum absolute atomic E-state index is 0.429. The molecule has 1 unspecified atom stereocenters. The van der Waals surface area contributed by atoms with E-state index in [9.17, 15) is 5.11 Å². The minimum atomic E-state index is -0.640. The highest BCUT2D eigenvalue weighted by atomic mass is 16.3. The minimum Gasteiger partial charge on any atom is -0.388 e. The fourth-order valence-corrected chi connectivity index (χ4v) is 2.13. The Morgan fingerprint density at radius 2 is 2.00 bits per heavy atom. The van der Waals surface area contributed by atoms with Gasteiger partial charge in [0.1, 0.15) is 12.2 Å². The van der Waals surface area contributed by atoms with Gasteiger partial charge in [-0.05, 0) is 25.8 Å². The number of aromatic nitrogens is 5. The molecule has 2 rings (SSSR count). The zero-order valence-electron chi connectivity index (χ0n) is 12.4. The third-order valence-corrected chi connectivity index (χ3v) is 3.11. The van der Waals surface area contributed by atoms with Crippen molar-refractivity contribution in [1.29, 1.82) is 0 Å². The SMILES string of the molecule is Cc1cc(C(O)Cc2ncnn2CC(C)C)c(C)nn1. The molecule has 0 fully saturated rings. The first-order valence-corrected chi connectivity index (χ1v) is 6.83. The Bertz CT molecular complexity index is 579. The van der Waals surface area contributed by atoms with Crippen LogP contribution in [0, 0.1) is 19.8 Å². The summed E-state index contributed by atoms with van der Waals surface area (Å²) in [5.74, 6) is 1.28. The quantitative estimate of drug-likeness (QED) is 0.897. The Morgan fingerprint density at radius 1 is 1.25 bits per heavy atom. The van der Waals surface area contributed by atoms with Gasteiger partial charge in [-0.2, -0.15) is 15.3 Å². The second kappa shape index (κ2) is 6.09. The van der Waals surface area contributed by atoms with Crippen LogP contribution in [0.5, 0.6) is 0 Å². The lowest BCUT2D eigenvalue weighted by molar-refractivity contribution is 0.172. The van der Waals surface area contributed by atoms with Gasteiger partial charge in [0.2, 0.25) is 0 Å². The van der Waals surface area contributed by atoms with E-state index in [4.69, 9.17) is 0 Å². The molecule has 2 heterocycles. The van der Waals surface area contributed by atoms with Gasteiger partial charge < -0.3 is 5.11 Å². The van der Waals surface area contributed by atoms with Crippen LogP contribution in [0.2, 0.25) is 0 Å². The molecule has 0 spiro atoms. The third-order valence-electron chi connectivity index (χ3n) is 3.11. The van der Waals surface area contributed by atoms with E-state index in [1.807, 2.05) is 24.6 Å². The van der Waals surface area contributed by atoms with Crippen molar-refractivity contribution in [2.24, 2.45) is 5.92 Å². The summed E-state index contributed by atoms with van der Waals surface area (Å²) in [6.45, 7) is 8.77. The average Bonchev–Trinajstić information content (AvgIpc) is 2.78. The molecule has 0 amide bonds. The highest BCUT2D eigenvalue weighted by molar-refractivity contribution is 5.23. The molecule has 108 valence electrons. The fraction of sp³-hybridized carbons (Fsp3) is 0.571. The summed E-state index contributed by atoms with van der Waals surface area (Å²) >= 11 is 0. The van der Waals surface area contributed by atoms with Gasteiger partial charge in [-0.25, -0.2) is 9.67 Å². The predicted octanol–water partition coefficient (Wildman–Crippen LogP) is 1.62. The average molecular weight is 275 g/mol. The second-order valence-corrected chi connectivity index (χ2v) is 5.50. The van der Waals surface area contributed by atoms with Crippen molar-refractivity contribution in [2.45, 2.75) is 46.8 Å². The van der Waals surface area contributed by atoms with E-state index in [2.05, 4.69) is 34.1 Å². The lowest BCUT2D eigenvalue weighted by Crippen LogP contribution is -2.14. The van der Waals surface area contributed by atoms with Gasteiger partial charge in [-0.15, -0.1) is 0 Å². The predicted molar refractivity (Wildman–Crippen MR) is 75.0 cm³/mol. The summed E-state index contributed by atoms with van der Waals surface area (Å²) < 4.78 is 1.85. The number of hydrogen-bond donors (Lipinski definition) is 1. The topological polar surface area (TPSA) is 76.7 Å². The van der Waals surface area contributed by atoms with Gasteiger partial charge in [-0.3, -0.25) is 0 Å². The summed E-state index contributed by atoms with van der Waals surface area (Å²) in [4.78, 5) is 4.24. The van der Waals surface area contributed by atoms with Gasteiger partial charge in [-0.1, -0.05) is 13.8 Å². The Kier molecular flexibility index (Phi) is 4.44. The van der Waals surface area contributed by atoms with Crippen molar-refractivity contribution in [1.82, 2.24) is 25.0 Å². The van der Waals surface area contributed by atoms with Crippen molar-refractivity contribution in [3.63, 3.8) is 0 Å². The molecular weight excluding hydrogens is 254 g/mol. The van der Waals surface area contributed by atoms with E-state index in [0.717, 1.165) is 29.3 Å². The molecule has 0 aliphatic rings. The summed E-state index contributed by atoms with van der Waals surface area (Å²) in [5, 5.41) is 22.6. The van der Waals surface area contributed by atoms with E-state index in [0.29, 0.717) is 12.3 Å². The number of hydrogen-bond acceptors (Lipinski definition) is 5. The smallest absolute Gasteiger partial charge is 0.138 e. The van der Waals surface area contributed by atoms with Gasteiger partial charge >= 0.3 is 0 Å². The van der Waals surface area contributed by atoms with Gasteiger partial charge in [0.15, 0.2) is 0 Å². The standard InChI is InChI=1S/C14H21N5O/c1-9(2)7-19-14(15-8-16-19)6-13(20)12-5-10(3)17-18-11(12)4/h5,8-9,13,20H,6-7H2,1-4H3. The van der Waals surface area contributed by atoms with Crippen molar-refractivity contribution >= 4 is 0 Å². The molecule has 0 saturated carbocycles. The molecule has 0 aliphatic heterocycles. The highest BCUT2D eigenvalue weighted by Crippen LogP contribution is 2.20. The van der Waals surface area contributed by atoms with Gasteiger partial charge in [0.05, 0.1) is 17.5 Å². The Hall–Kier alpha value is -1.82. The van der Waals surface area contributed by atoms with Crippen LogP contribution in [0.15, 0.2) is 12.4 Å². The molecule has 0 aromatic carbocycles. The lowest BCUT2D eigenvalue weighted by Gasteiger charge is -2.14. The second-order valence-electron chi connectivity index (χ2n) is 5.50. The molecule has 2 aromatic heterocycles. The first kappa shape index (κ1) is 14.6. The van der Waals surface area contributed by atoms with E-state index in [-0.39, 0.29) is 0 Å². The van der Waals surface area contributed by atoms with E-state index < -0.39 is 6.10 Å². The Balaban J connectivity index is 2.17. The Morgan fingerprint density at radius 3 is 2.70 bits per heavy atom. The maximum atomic E-state index is 10.4. The van der Waals surface area contributed by atoms with E-state index in [1.54, 1.807) is 0 Å². The van der Waals surface area contributed by atoms with Crippen LogP contribution in [0.3, 0.4) is 0 Å². The van der Waals surface area contributed by atoms with Gasteiger partial charge in [0, 0.05) is 18.5 Å². The number of aliphatic hydroxyl groups excluding tert-OH is 1. The van der Waals surface area contributed by atoms with Crippen LogP contribution in [0.25, 0.3) is 0 Å². The van der Waals surface area contributed by atoms with Crippen LogP contribution in [0.1, 0.15) is 42.7 Å². The van der Waals surface area contributed by atoms with Crippen LogP contribution in [0.4, 0.5) is 0 Å². The van der Waals surface area contributed by atoms with Crippen LogP contribution in [-0.4, -0.2) is 30.1 Å². The molecule has 1 atom stereocenters. The zero-order chi connectivity index (χ0) is 14.7. The largest absolute Gasteiger partial charge is 0.388 e. The van der Waals surface area contributed by atoms with Crippen molar-refractivity contribution in [2.75, 3.05) is 0 Å². The third kappa shape index (κ3) is 3.39. The molecule has 0 radical (unpaired) electrons. The first-order valence-electron chi connectivity index (χ1n) is 6.83. The first-order chi connectivity index (χ1) is 9.47. The van der Waals surface area contributed by atoms with E-state index in [1.165, 1.54) is 6.33 Å². The monoisotopic (exact) mass is 275 g/mol. The normalized spacial score (nSPS) is 12.9. The molecule has 1 N–H and O–H groups in total. The Labute approximate surface area is 118 Å². The zero-order valence-corrected chi connectivity index (χ0v) is 12.4. The molecule has 2 aromatic rings. The summed E-state index contributed by atoms with van der Waals surface area (Å²) in [7, 11) is 0. The maximum Gasteiger partial charge on any atom is 0.138 e. The number of nitrogens with zero attached hydrogens (tertiary/aromatic N) is 5. The molecule has 0 aliphatic carbocycles. The highest BCUT2D eigenvalue weighted by Gasteiger charge is 2.16. The van der Waals surface area contributed by atoms with Gasteiger partial charge in [0.25, 0.3) is 0 Å². The molecule has 0 bridgehead atoms. The number of aliphatic hydroxyl groups is 1. The molecule has 0 saturated heterocycles. The number of rotatable bonds is 5.